The van der Waals surface area contributed by atoms with Crippen LogP contribution in [0.1, 0.15) is 26.3 Å². The van der Waals surface area contributed by atoms with Crippen molar-refractivity contribution >= 4 is 21.5 Å². The normalized spacial score (nSPS) is 11.6. The summed E-state index contributed by atoms with van der Waals surface area (Å²) in [6.07, 6.45) is 0. The Morgan fingerprint density at radius 3 is 2.37 bits per heavy atom. The second-order valence-electron chi connectivity index (χ2n) is 5.43. The van der Waals surface area contributed by atoms with Crippen molar-refractivity contribution in [1.82, 2.24) is 4.98 Å². The molecule has 4 nitrogen and oxygen atoms in total. The van der Waals surface area contributed by atoms with Gasteiger partial charge < -0.3 is 16.2 Å². The first-order chi connectivity index (χ1) is 8.82. The Balaban J connectivity index is 2.63. The second-order valence-corrected chi connectivity index (χ2v) is 6.49. The molecule has 1 aromatic carbocycles. The lowest BCUT2D eigenvalue weighted by molar-refractivity contribution is 0.416. The fourth-order valence-electron chi connectivity index (χ4n) is 1.90. The number of anilines is 2. The third kappa shape index (κ3) is 2.66. The Labute approximate surface area is 117 Å². The summed E-state index contributed by atoms with van der Waals surface area (Å²) < 4.78 is 5.40. The third-order valence-electron chi connectivity index (χ3n) is 2.99. The Bertz CT molecular complexity index is 599. The average molecular weight is 277 g/mol. The number of nitrogen functional groups attached to an aromatic ring is 2. The molecule has 2 rings (SSSR count). The molecule has 0 unspecified atom stereocenters. The van der Waals surface area contributed by atoms with Gasteiger partial charge >= 0.3 is 0 Å². The molecule has 0 bridgehead atoms. The molecule has 1 heterocycles. The van der Waals surface area contributed by atoms with Gasteiger partial charge in [-0.1, -0.05) is 38.2 Å². The quantitative estimate of drug-likeness (QED) is 0.883. The van der Waals surface area contributed by atoms with Crippen LogP contribution in [0.3, 0.4) is 0 Å². The van der Waals surface area contributed by atoms with Gasteiger partial charge in [0.25, 0.3) is 0 Å². The molecular formula is C14H19N3OS. The van der Waals surface area contributed by atoms with Gasteiger partial charge in [0, 0.05) is 5.56 Å². The monoisotopic (exact) mass is 277 g/mol. The summed E-state index contributed by atoms with van der Waals surface area (Å²) >= 11 is 1.29. The Morgan fingerprint density at radius 1 is 1.21 bits per heavy atom. The van der Waals surface area contributed by atoms with E-state index in [-0.39, 0.29) is 5.41 Å². The molecular weight excluding hydrogens is 258 g/mol. The number of ether oxygens (including phenoxy) is 1. The van der Waals surface area contributed by atoms with Crippen LogP contribution in [0.5, 0.6) is 5.75 Å². The van der Waals surface area contributed by atoms with E-state index in [1.807, 2.05) is 6.07 Å². The van der Waals surface area contributed by atoms with Crippen LogP contribution >= 0.6 is 11.3 Å². The molecule has 0 radical (unpaired) electrons. The first-order valence-electron chi connectivity index (χ1n) is 6.03. The van der Waals surface area contributed by atoms with Crippen LogP contribution in [-0.2, 0) is 5.41 Å². The number of hydrogen-bond acceptors (Lipinski definition) is 5. The van der Waals surface area contributed by atoms with Crippen molar-refractivity contribution in [2.45, 2.75) is 26.2 Å². The summed E-state index contributed by atoms with van der Waals surface area (Å²) in [7, 11) is 1.64. The number of nitrogens with zero attached hydrogens (tertiary/aromatic N) is 1. The van der Waals surface area contributed by atoms with E-state index < -0.39 is 0 Å². The molecule has 0 fully saturated rings. The molecule has 0 aliphatic rings. The van der Waals surface area contributed by atoms with Gasteiger partial charge in [-0.3, -0.25) is 0 Å². The lowest BCUT2D eigenvalue weighted by Crippen LogP contribution is -2.11. The summed E-state index contributed by atoms with van der Waals surface area (Å²) in [4.78, 5) is 4.30. The van der Waals surface area contributed by atoms with Gasteiger partial charge in [-0.25, -0.2) is 4.98 Å². The van der Waals surface area contributed by atoms with Crippen LogP contribution in [0.4, 0.5) is 10.1 Å². The average Bonchev–Trinajstić information content (AvgIpc) is 2.66. The summed E-state index contributed by atoms with van der Waals surface area (Å²) in [5.41, 5.74) is 14.5. The van der Waals surface area contributed by atoms with Crippen LogP contribution < -0.4 is 16.2 Å². The maximum Gasteiger partial charge on any atom is 0.182 e. The summed E-state index contributed by atoms with van der Waals surface area (Å²) in [6, 6.07) is 6.09. The minimum atomic E-state index is 0.0529. The van der Waals surface area contributed by atoms with Gasteiger partial charge in [0.15, 0.2) is 5.13 Å². The van der Waals surface area contributed by atoms with Crippen LogP contribution in [0.25, 0.3) is 11.3 Å². The lowest BCUT2D eigenvalue weighted by atomic mass is 9.85. The number of methoxy groups -OCH3 is 1. The zero-order valence-corrected chi connectivity index (χ0v) is 12.5. The molecule has 1 aromatic heterocycles. The van der Waals surface area contributed by atoms with Crippen LogP contribution in [-0.4, -0.2) is 12.1 Å². The zero-order valence-electron chi connectivity index (χ0n) is 11.7. The number of rotatable bonds is 2. The number of benzene rings is 1. The van der Waals surface area contributed by atoms with Crippen molar-refractivity contribution in [1.29, 1.82) is 0 Å². The first kappa shape index (κ1) is 13.7. The smallest absolute Gasteiger partial charge is 0.182 e. The molecule has 0 saturated carbocycles. The van der Waals surface area contributed by atoms with Crippen molar-refractivity contribution in [2.24, 2.45) is 0 Å². The molecule has 0 aliphatic heterocycles. The maximum atomic E-state index is 5.98. The van der Waals surface area contributed by atoms with Crippen molar-refractivity contribution in [3.05, 3.63) is 23.8 Å². The van der Waals surface area contributed by atoms with E-state index in [2.05, 4.69) is 37.9 Å². The number of thiazole rings is 1. The molecule has 0 amide bonds. The highest BCUT2D eigenvalue weighted by Crippen LogP contribution is 2.39. The van der Waals surface area contributed by atoms with Crippen molar-refractivity contribution in [2.75, 3.05) is 18.6 Å². The fraction of sp³-hybridized carbons (Fsp3) is 0.357. The van der Waals surface area contributed by atoms with E-state index in [1.54, 1.807) is 7.11 Å². The predicted molar refractivity (Wildman–Crippen MR) is 81.6 cm³/mol. The number of aromatic nitrogens is 1. The topological polar surface area (TPSA) is 74.2 Å². The van der Waals surface area contributed by atoms with Gasteiger partial charge in [-0.15, -0.1) is 0 Å². The van der Waals surface area contributed by atoms with Crippen LogP contribution in [0.2, 0.25) is 0 Å². The molecule has 2 aromatic rings. The molecule has 0 saturated heterocycles. The lowest BCUT2D eigenvalue weighted by Gasteiger charge is -2.20. The molecule has 4 N–H and O–H groups in total. The van der Waals surface area contributed by atoms with E-state index in [4.69, 9.17) is 16.2 Å². The minimum Gasteiger partial charge on any atom is -0.496 e. The number of nitrogens with two attached hydrogens (primary N) is 2. The van der Waals surface area contributed by atoms with E-state index >= 15 is 0 Å². The van der Waals surface area contributed by atoms with Crippen LogP contribution in [0, 0.1) is 0 Å². The summed E-state index contributed by atoms with van der Waals surface area (Å²) in [5.74, 6) is 0.755. The van der Waals surface area contributed by atoms with E-state index in [0.717, 1.165) is 11.3 Å². The van der Waals surface area contributed by atoms with Crippen molar-refractivity contribution in [3.63, 3.8) is 0 Å². The van der Waals surface area contributed by atoms with Crippen molar-refractivity contribution in [3.8, 4) is 17.0 Å². The van der Waals surface area contributed by atoms with Crippen LogP contribution in [0.15, 0.2) is 18.2 Å². The molecule has 19 heavy (non-hydrogen) atoms. The molecule has 102 valence electrons. The SMILES string of the molecule is COc1ccc(C(C)(C)C)cc1-c1nc(N)sc1N. The highest BCUT2D eigenvalue weighted by molar-refractivity contribution is 7.19. The van der Waals surface area contributed by atoms with Crippen molar-refractivity contribution < 1.29 is 4.74 Å². The largest absolute Gasteiger partial charge is 0.496 e. The van der Waals surface area contributed by atoms with Gasteiger partial charge in [0.1, 0.15) is 16.4 Å². The second kappa shape index (κ2) is 4.74. The summed E-state index contributed by atoms with van der Waals surface area (Å²) in [5, 5.41) is 1.08. The highest BCUT2D eigenvalue weighted by atomic mass is 32.1. The fourth-order valence-corrected chi connectivity index (χ4v) is 2.52. The van der Waals surface area contributed by atoms with E-state index in [0.29, 0.717) is 15.8 Å². The van der Waals surface area contributed by atoms with E-state index in [9.17, 15) is 0 Å². The molecule has 0 aliphatic carbocycles. The van der Waals surface area contributed by atoms with Gasteiger partial charge in [0.05, 0.1) is 7.11 Å². The molecule has 0 atom stereocenters. The highest BCUT2D eigenvalue weighted by Gasteiger charge is 2.19. The summed E-state index contributed by atoms with van der Waals surface area (Å²) in [6.45, 7) is 6.49. The Kier molecular flexibility index (Phi) is 3.41. The third-order valence-corrected chi connectivity index (χ3v) is 3.70. The standard InChI is InChI=1S/C14H19N3OS/c1-14(2,3)8-5-6-10(18-4)9(7-8)11-12(15)19-13(16)17-11/h5-7H,15H2,1-4H3,(H2,16,17). The first-order valence-corrected chi connectivity index (χ1v) is 6.85. The van der Waals surface area contributed by atoms with Gasteiger partial charge in [0.2, 0.25) is 0 Å². The molecule has 0 spiro atoms. The maximum absolute atomic E-state index is 5.98. The molecule has 5 heteroatoms. The predicted octanol–water partition coefficient (Wildman–Crippen LogP) is 3.28. The minimum absolute atomic E-state index is 0.0529. The van der Waals surface area contributed by atoms with E-state index in [1.165, 1.54) is 16.9 Å². The van der Waals surface area contributed by atoms with Gasteiger partial charge in [-0.2, -0.15) is 0 Å². The Hall–Kier alpha value is -1.75. The zero-order chi connectivity index (χ0) is 14.2. The Morgan fingerprint density at radius 2 is 1.89 bits per heavy atom. The van der Waals surface area contributed by atoms with Gasteiger partial charge in [-0.05, 0) is 23.1 Å². The number of hydrogen-bond donors (Lipinski definition) is 2.